The molecule has 0 saturated heterocycles. The molecule has 4 N–H and O–H groups in total. The summed E-state index contributed by atoms with van der Waals surface area (Å²) in [6, 6.07) is 11.0. The summed E-state index contributed by atoms with van der Waals surface area (Å²) < 4.78 is 1.44. The largest absolute Gasteiger partial charge is 0.384 e. The molecular weight excluding hydrogens is 268 g/mol. The first kappa shape index (κ1) is 12.8. The molecule has 1 aromatic carbocycles. The van der Waals surface area contributed by atoms with Gasteiger partial charge in [0.05, 0.1) is 11.8 Å². The number of hydrogen-bond acceptors (Lipinski definition) is 5. The van der Waals surface area contributed by atoms with E-state index in [4.69, 9.17) is 11.5 Å². The zero-order valence-corrected chi connectivity index (χ0v) is 11.0. The van der Waals surface area contributed by atoms with Crippen LogP contribution in [0.15, 0.2) is 48.8 Å². The molecule has 104 valence electrons. The van der Waals surface area contributed by atoms with Crippen LogP contribution < -0.4 is 11.5 Å². The summed E-state index contributed by atoms with van der Waals surface area (Å²) in [5.41, 5.74) is 12.2. The standard InChI is InChI=1S/C14H12N6O/c15-11-6-12(20-8-10(7-17-20)13(16)21)19-14(18-11)9-4-2-1-3-5-9/h1-8H,(H2,16,21)(H2,15,18,19). The van der Waals surface area contributed by atoms with Crippen molar-refractivity contribution in [3.05, 3.63) is 54.4 Å². The Morgan fingerprint density at radius 1 is 1.14 bits per heavy atom. The number of amides is 1. The van der Waals surface area contributed by atoms with E-state index in [1.807, 2.05) is 30.3 Å². The topological polar surface area (TPSA) is 113 Å². The smallest absolute Gasteiger partial charge is 0.251 e. The monoisotopic (exact) mass is 280 g/mol. The molecule has 0 aliphatic rings. The summed E-state index contributed by atoms with van der Waals surface area (Å²) in [6.45, 7) is 0. The molecule has 2 heterocycles. The highest BCUT2D eigenvalue weighted by Crippen LogP contribution is 2.18. The Morgan fingerprint density at radius 2 is 1.90 bits per heavy atom. The molecule has 0 radical (unpaired) electrons. The average Bonchev–Trinajstić information content (AvgIpc) is 2.98. The van der Waals surface area contributed by atoms with E-state index >= 15 is 0 Å². The highest BCUT2D eigenvalue weighted by Gasteiger charge is 2.10. The number of carbonyl (C=O) groups is 1. The summed E-state index contributed by atoms with van der Waals surface area (Å²) >= 11 is 0. The fourth-order valence-corrected chi connectivity index (χ4v) is 1.86. The van der Waals surface area contributed by atoms with Crippen molar-refractivity contribution in [2.24, 2.45) is 5.73 Å². The molecule has 0 unspecified atom stereocenters. The quantitative estimate of drug-likeness (QED) is 0.743. The average molecular weight is 280 g/mol. The zero-order valence-electron chi connectivity index (χ0n) is 11.0. The van der Waals surface area contributed by atoms with Crippen molar-refractivity contribution in [1.82, 2.24) is 19.7 Å². The van der Waals surface area contributed by atoms with Gasteiger partial charge in [0.1, 0.15) is 5.82 Å². The second-order valence-corrected chi connectivity index (χ2v) is 4.38. The number of carbonyl (C=O) groups excluding carboxylic acids is 1. The summed E-state index contributed by atoms with van der Waals surface area (Å²) in [7, 11) is 0. The fraction of sp³-hybridized carbons (Fsp3) is 0. The Hall–Kier alpha value is -3.22. The minimum Gasteiger partial charge on any atom is -0.384 e. The first-order valence-electron chi connectivity index (χ1n) is 6.18. The number of anilines is 1. The molecule has 2 aromatic heterocycles. The van der Waals surface area contributed by atoms with Crippen LogP contribution in [-0.4, -0.2) is 25.7 Å². The zero-order chi connectivity index (χ0) is 14.8. The minimum atomic E-state index is -0.549. The molecule has 1 amide bonds. The van der Waals surface area contributed by atoms with Crippen LogP contribution in [0.3, 0.4) is 0 Å². The maximum atomic E-state index is 11.1. The first-order chi connectivity index (χ1) is 10.1. The lowest BCUT2D eigenvalue weighted by Crippen LogP contribution is -2.09. The molecule has 3 rings (SSSR count). The molecule has 21 heavy (non-hydrogen) atoms. The van der Waals surface area contributed by atoms with Crippen molar-refractivity contribution in [2.75, 3.05) is 5.73 Å². The van der Waals surface area contributed by atoms with E-state index in [2.05, 4.69) is 15.1 Å². The number of rotatable bonds is 3. The van der Waals surface area contributed by atoms with Crippen LogP contribution in [0.1, 0.15) is 10.4 Å². The molecule has 0 aliphatic heterocycles. The molecule has 0 atom stereocenters. The van der Waals surface area contributed by atoms with Crippen LogP contribution in [0.5, 0.6) is 0 Å². The van der Waals surface area contributed by atoms with Crippen LogP contribution in [-0.2, 0) is 0 Å². The second kappa shape index (κ2) is 5.04. The van der Waals surface area contributed by atoms with Gasteiger partial charge in [-0.2, -0.15) is 5.10 Å². The van der Waals surface area contributed by atoms with Gasteiger partial charge in [0.15, 0.2) is 11.6 Å². The Labute approximate surface area is 120 Å². The highest BCUT2D eigenvalue weighted by atomic mass is 16.1. The van der Waals surface area contributed by atoms with Crippen LogP contribution >= 0.6 is 0 Å². The Bertz CT molecular complexity index is 796. The molecule has 0 bridgehead atoms. The van der Waals surface area contributed by atoms with Gasteiger partial charge in [-0.05, 0) is 0 Å². The van der Waals surface area contributed by atoms with E-state index in [-0.39, 0.29) is 0 Å². The van der Waals surface area contributed by atoms with Gasteiger partial charge in [0.25, 0.3) is 5.91 Å². The maximum Gasteiger partial charge on any atom is 0.251 e. The number of primary amides is 1. The molecule has 7 nitrogen and oxygen atoms in total. The number of nitrogens with zero attached hydrogens (tertiary/aromatic N) is 4. The normalized spacial score (nSPS) is 10.5. The van der Waals surface area contributed by atoms with Crippen LogP contribution in [0.25, 0.3) is 17.2 Å². The van der Waals surface area contributed by atoms with Crippen molar-refractivity contribution >= 4 is 11.7 Å². The van der Waals surface area contributed by atoms with E-state index in [1.54, 1.807) is 6.07 Å². The van der Waals surface area contributed by atoms with Gasteiger partial charge in [0, 0.05) is 17.8 Å². The van der Waals surface area contributed by atoms with Crippen molar-refractivity contribution < 1.29 is 4.79 Å². The number of nitrogens with two attached hydrogens (primary N) is 2. The van der Waals surface area contributed by atoms with E-state index in [9.17, 15) is 4.79 Å². The number of nitrogen functional groups attached to an aromatic ring is 1. The number of benzene rings is 1. The van der Waals surface area contributed by atoms with Gasteiger partial charge < -0.3 is 11.5 Å². The van der Waals surface area contributed by atoms with Gasteiger partial charge in [-0.3, -0.25) is 4.79 Å². The predicted octanol–water partition coefficient (Wildman–Crippen LogP) is 1.01. The van der Waals surface area contributed by atoms with E-state index in [1.165, 1.54) is 17.1 Å². The van der Waals surface area contributed by atoms with E-state index < -0.39 is 5.91 Å². The lowest BCUT2D eigenvalue weighted by molar-refractivity contribution is 0.100. The summed E-state index contributed by atoms with van der Waals surface area (Å²) in [6.07, 6.45) is 2.88. The number of hydrogen-bond donors (Lipinski definition) is 2. The van der Waals surface area contributed by atoms with Gasteiger partial charge in [0.2, 0.25) is 0 Å². The second-order valence-electron chi connectivity index (χ2n) is 4.38. The molecule has 3 aromatic rings. The van der Waals surface area contributed by atoms with Gasteiger partial charge in [-0.15, -0.1) is 0 Å². The minimum absolute atomic E-state index is 0.299. The summed E-state index contributed by atoms with van der Waals surface area (Å²) in [5, 5.41) is 4.05. The lowest BCUT2D eigenvalue weighted by Gasteiger charge is -2.05. The Morgan fingerprint density at radius 3 is 2.57 bits per heavy atom. The van der Waals surface area contributed by atoms with Crippen molar-refractivity contribution in [3.63, 3.8) is 0 Å². The molecule has 0 aliphatic carbocycles. The van der Waals surface area contributed by atoms with E-state index in [0.717, 1.165) is 5.56 Å². The SMILES string of the molecule is NC(=O)c1cnn(-c2cc(N)nc(-c3ccccc3)n2)c1. The van der Waals surface area contributed by atoms with Crippen LogP contribution in [0.2, 0.25) is 0 Å². The Balaban J connectivity index is 2.07. The molecular formula is C14H12N6O. The highest BCUT2D eigenvalue weighted by molar-refractivity contribution is 5.92. The lowest BCUT2D eigenvalue weighted by atomic mass is 10.2. The summed E-state index contributed by atoms with van der Waals surface area (Å²) in [4.78, 5) is 19.7. The first-order valence-corrected chi connectivity index (χ1v) is 6.18. The van der Waals surface area contributed by atoms with E-state index in [0.29, 0.717) is 23.0 Å². The maximum absolute atomic E-state index is 11.1. The van der Waals surface area contributed by atoms with Gasteiger partial charge in [-0.1, -0.05) is 30.3 Å². The third-order valence-electron chi connectivity index (χ3n) is 2.87. The third kappa shape index (κ3) is 2.57. The third-order valence-corrected chi connectivity index (χ3v) is 2.87. The van der Waals surface area contributed by atoms with Gasteiger partial charge >= 0.3 is 0 Å². The molecule has 7 heteroatoms. The van der Waals surface area contributed by atoms with Crippen molar-refractivity contribution in [1.29, 1.82) is 0 Å². The molecule has 0 spiro atoms. The van der Waals surface area contributed by atoms with Crippen molar-refractivity contribution in [3.8, 4) is 17.2 Å². The fourth-order valence-electron chi connectivity index (χ4n) is 1.86. The molecule has 0 fully saturated rings. The van der Waals surface area contributed by atoms with Crippen LogP contribution in [0, 0.1) is 0 Å². The predicted molar refractivity (Wildman–Crippen MR) is 77.5 cm³/mol. The van der Waals surface area contributed by atoms with Crippen LogP contribution in [0.4, 0.5) is 5.82 Å². The van der Waals surface area contributed by atoms with Crippen molar-refractivity contribution in [2.45, 2.75) is 0 Å². The molecule has 0 saturated carbocycles. The summed E-state index contributed by atoms with van der Waals surface area (Å²) in [5.74, 6) is 0.720. The van der Waals surface area contributed by atoms with Gasteiger partial charge in [-0.25, -0.2) is 14.6 Å². The Kier molecular flexibility index (Phi) is 3.07. The number of aromatic nitrogens is 4.